The number of nitrogens with zero attached hydrogens (tertiary/aromatic N) is 1. The molecule has 2 rings (SSSR count). The van der Waals surface area contributed by atoms with Crippen LogP contribution in [0.3, 0.4) is 0 Å². The van der Waals surface area contributed by atoms with Crippen LogP contribution in [0.1, 0.15) is 29.7 Å². The molecule has 102 valence electrons. The van der Waals surface area contributed by atoms with E-state index in [9.17, 15) is 4.39 Å². The fourth-order valence-corrected chi connectivity index (χ4v) is 2.16. The zero-order valence-corrected chi connectivity index (χ0v) is 12.6. The Labute approximate surface area is 126 Å². The smallest absolute Gasteiger partial charge is 0.129 e. The molecule has 2 nitrogen and oxygen atoms in total. The molecule has 0 radical (unpaired) electrons. The van der Waals surface area contributed by atoms with Gasteiger partial charge < -0.3 is 5.32 Å². The van der Waals surface area contributed by atoms with Crippen molar-refractivity contribution >= 4 is 15.9 Å². The van der Waals surface area contributed by atoms with Gasteiger partial charge in [-0.15, -0.1) is 0 Å². The van der Waals surface area contributed by atoms with E-state index >= 15 is 0 Å². The quantitative estimate of drug-likeness (QED) is 0.905. The minimum absolute atomic E-state index is 0.123. The van der Waals surface area contributed by atoms with Crippen molar-refractivity contribution in [1.29, 1.82) is 5.26 Å². The van der Waals surface area contributed by atoms with Crippen molar-refractivity contribution in [2.45, 2.75) is 19.5 Å². The summed E-state index contributed by atoms with van der Waals surface area (Å²) in [5.74, 6) is -0.348. The predicted octanol–water partition coefficient (Wildman–Crippen LogP) is 4.31. The van der Waals surface area contributed by atoms with Crippen molar-refractivity contribution < 1.29 is 4.39 Å². The van der Waals surface area contributed by atoms with Crippen LogP contribution < -0.4 is 5.32 Å². The Morgan fingerprint density at radius 3 is 2.55 bits per heavy atom. The lowest BCUT2D eigenvalue weighted by Gasteiger charge is -2.15. The monoisotopic (exact) mass is 332 g/mol. The van der Waals surface area contributed by atoms with E-state index in [4.69, 9.17) is 5.26 Å². The highest BCUT2D eigenvalue weighted by atomic mass is 79.9. The average Bonchev–Trinajstić information content (AvgIpc) is 2.46. The number of rotatable bonds is 4. The van der Waals surface area contributed by atoms with Crippen molar-refractivity contribution in [2.75, 3.05) is 0 Å². The molecule has 4 heteroatoms. The molecule has 0 aliphatic carbocycles. The van der Waals surface area contributed by atoms with Crippen LogP contribution in [0.15, 0.2) is 46.9 Å². The molecule has 2 aromatic carbocycles. The van der Waals surface area contributed by atoms with Crippen LogP contribution in [0, 0.1) is 17.1 Å². The van der Waals surface area contributed by atoms with Crippen LogP contribution in [-0.4, -0.2) is 0 Å². The summed E-state index contributed by atoms with van der Waals surface area (Å²) in [6.45, 7) is 2.46. The summed E-state index contributed by atoms with van der Waals surface area (Å²) in [6.07, 6.45) is 0. The van der Waals surface area contributed by atoms with Crippen LogP contribution in [0.4, 0.5) is 4.39 Å². The first-order valence-corrected chi connectivity index (χ1v) is 7.07. The average molecular weight is 333 g/mol. The number of hydrogen-bond acceptors (Lipinski definition) is 2. The van der Waals surface area contributed by atoms with Gasteiger partial charge in [0.1, 0.15) is 5.82 Å². The fourth-order valence-electron chi connectivity index (χ4n) is 1.89. The van der Waals surface area contributed by atoms with Crippen LogP contribution >= 0.6 is 15.9 Å². The Balaban J connectivity index is 2.01. The molecule has 2 aromatic rings. The lowest BCUT2D eigenvalue weighted by atomic mass is 10.1. The zero-order chi connectivity index (χ0) is 14.5. The molecule has 0 amide bonds. The molecule has 1 atom stereocenters. The molecule has 0 saturated carbocycles. The molecule has 0 aromatic heterocycles. The molecular weight excluding hydrogens is 319 g/mol. The van der Waals surface area contributed by atoms with Crippen molar-refractivity contribution in [3.05, 3.63) is 69.4 Å². The maximum absolute atomic E-state index is 13.7. The van der Waals surface area contributed by atoms with Crippen LogP contribution in [0.5, 0.6) is 0 Å². The van der Waals surface area contributed by atoms with Gasteiger partial charge in [0.15, 0.2) is 0 Å². The third kappa shape index (κ3) is 3.66. The Hall–Kier alpha value is -1.70. The summed E-state index contributed by atoms with van der Waals surface area (Å²) in [6, 6.07) is 14.6. The van der Waals surface area contributed by atoms with E-state index in [0.717, 1.165) is 10.0 Å². The van der Waals surface area contributed by atoms with Gasteiger partial charge in [-0.25, -0.2) is 4.39 Å². The van der Waals surface area contributed by atoms with E-state index in [1.165, 1.54) is 6.07 Å². The van der Waals surface area contributed by atoms with Gasteiger partial charge in [-0.2, -0.15) is 5.26 Å². The van der Waals surface area contributed by atoms with Gasteiger partial charge in [-0.3, -0.25) is 0 Å². The Kier molecular flexibility index (Phi) is 4.89. The highest BCUT2D eigenvalue weighted by molar-refractivity contribution is 9.10. The summed E-state index contributed by atoms with van der Waals surface area (Å²) in [4.78, 5) is 0. The second-order valence-electron chi connectivity index (χ2n) is 4.57. The number of nitrogens with one attached hydrogen (secondary N) is 1. The molecule has 0 aliphatic heterocycles. The molecule has 0 spiro atoms. The number of halogens is 2. The third-order valence-electron chi connectivity index (χ3n) is 3.15. The first kappa shape index (κ1) is 14.7. The first-order chi connectivity index (χ1) is 9.60. The van der Waals surface area contributed by atoms with Crippen molar-refractivity contribution in [1.82, 2.24) is 5.32 Å². The first-order valence-electron chi connectivity index (χ1n) is 6.27. The third-order valence-corrected chi connectivity index (χ3v) is 3.68. The topological polar surface area (TPSA) is 35.8 Å². The normalized spacial score (nSPS) is 11.9. The van der Waals surface area contributed by atoms with Crippen LogP contribution in [0.2, 0.25) is 0 Å². The Bertz CT molecular complexity index is 632. The maximum atomic E-state index is 13.7. The number of nitriles is 1. The number of hydrogen-bond donors (Lipinski definition) is 1. The second kappa shape index (κ2) is 6.65. The van der Waals surface area contributed by atoms with Gasteiger partial charge in [0.25, 0.3) is 0 Å². The molecule has 0 bridgehead atoms. The summed E-state index contributed by atoms with van der Waals surface area (Å²) in [5, 5.41) is 12.0. The van der Waals surface area contributed by atoms with Crippen molar-refractivity contribution in [3.63, 3.8) is 0 Å². The summed E-state index contributed by atoms with van der Waals surface area (Å²) in [5.41, 5.74) is 2.04. The molecule has 20 heavy (non-hydrogen) atoms. The zero-order valence-electron chi connectivity index (χ0n) is 11.0. The van der Waals surface area contributed by atoms with E-state index in [-0.39, 0.29) is 11.9 Å². The minimum atomic E-state index is -0.348. The molecule has 0 heterocycles. The standard InChI is InChI=1S/C16H14BrFN2/c1-11(13-4-6-15(17)7-5-13)20-10-14-3-2-12(9-19)8-16(14)18/h2-8,11,20H,10H2,1H3/t11-/m0/s1. The molecule has 0 aliphatic rings. The van der Waals surface area contributed by atoms with Gasteiger partial charge in [-0.05, 0) is 36.8 Å². The van der Waals surface area contributed by atoms with E-state index in [1.807, 2.05) is 37.3 Å². The lowest BCUT2D eigenvalue weighted by molar-refractivity contribution is 0.544. The lowest BCUT2D eigenvalue weighted by Crippen LogP contribution is -2.18. The van der Waals surface area contributed by atoms with E-state index in [2.05, 4.69) is 21.2 Å². The van der Waals surface area contributed by atoms with E-state index < -0.39 is 0 Å². The van der Waals surface area contributed by atoms with Gasteiger partial charge in [0.2, 0.25) is 0 Å². The number of benzene rings is 2. The van der Waals surface area contributed by atoms with Gasteiger partial charge >= 0.3 is 0 Å². The molecule has 1 N–H and O–H groups in total. The SMILES string of the molecule is C[C@H](NCc1ccc(C#N)cc1F)c1ccc(Br)cc1. The summed E-state index contributed by atoms with van der Waals surface area (Å²) >= 11 is 3.40. The maximum Gasteiger partial charge on any atom is 0.129 e. The van der Waals surface area contributed by atoms with Crippen LogP contribution in [0.25, 0.3) is 0 Å². The fraction of sp³-hybridized carbons (Fsp3) is 0.188. The molecule has 0 unspecified atom stereocenters. The van der Waals surface area contributed by atoms with Gasteiger partial charge in [0, 0.05) is 22.6 Å². The van der Waals surface area contributed by atoms with E-state index in [1.54, 1.807) is 12.1 Å². The minimum Gasteiger partial charge on any atom is -0.306 e. The predicted molar refractivity (Wildman–Crippen MR) is 80.5 cm³/mol. The van der Waals surface area contributed by atoms with Crippen molar-refractivity contribution in [2.24, 2.45) is 0 Å². The molecule has 0 saturated heterocycles. The highest BCUT2D eigenvalue weighted by Gasteiger charge is 2.07. The molecular formula is C16H14BrFN2. The highest BCUT2D eigenvalue weighted by Crippen LogP contribution is 2.17. The molecule has 0 fully saturated rings. The summed E-state index contributed by atoms with van der Waals surface area (Å²) < 4.78 is 14.8. The van der Waals surface area contributed by atoms with Gasteiger partial charge in [-0.1, -0.05) is 34.1 Å². The van der Waals surface area contributed by atoms with Gasteiger partial charge in [0.05, 0.1) is 11.6 Å². The second-order valence-corrected chi connectivity index (χ2v) is 5.49. The largest absolute Gasteiger partial charge is 0.306 e. The van der Waals surface area contributed by atoms with Crippen LogP contribution in [-0.2, 0) is 6.54 Å². The summed E-state index contributed by atoms with van der Waals surface area (Å²) in [7, 11) is 0. The van der Waals surface area contributed by atoms with E-state index in [0.29, 0.717) is 17.7 Å². The Morgan fingerprint density at radius 1 is 1.25 bits per heavy atom. The Morgan fingerprint density at radius 2 is 1.95 bits per heavy atom. The van der Waals surface area contributed by atoms with Crippen molar-refractivity contribution in [3.8, 4) is 6.07 Å².